The molecule has 1 atom stereocenters. The molecule has 0 unspecified atom stereocenters. The quantitative estimate of drug-likeness (QED) is 0.794. The summed E-state index contributed by atoms with van der Waals surface area (Å²) in [6, 6.07) is 3.71. The molecule has 0 aliphatic rings. The van der Waals surface area contributed by atoms with E-state index in [1.54, 1.807) is 31.4 Å². The fourth-order valence-corrected chi connectivity index (χ4v) is 3.63. The van der Waals surface area contributed by atoms with E-state index in [4.69, 9.17) is 5.26 Å². The predicted molar refractivity (Wildman–Crippen MR) is 69.8 cm³/mol. The number of rotatable bonds is 6. The van der Waals surface area contributed by atoms with Crippen LogP contribution in [0.3, 0.4) is 0 Å². The van der Waals surface area contributed by atoms with Crippen LogP contribution < -0.4 is 4.72 Å². The van der Waals surface area contributed by atoms with Crippen LogP contribution >= 0.6 is 11.3 Å². The number of hydrogen-bond donors (Lipinski definition) is 1. The molecule has 0 spiro atoms. The van der Waals surface area contributed by atoms with Gasteiger partial charge in [-0.25, -0.2) is 8.42 Å². The van der Waals surface area contributed by atoms with Gasteiger partial charge >= 0.3 is 5.97 Å². The third-order valence-corrected chi connectivity index (χ3v) is 5.08. The number of sulfonamides is 1. The van der Waals surface area contributed by atoms with Gasteiger partial charge in [-0.3, -0.25) is 4.79 Å². The first kappa shape index (κ1) is 15.6. The van der Waals surface area contributed by atoms with Crippen molar-refractivity contribution in [1.82, 2.24) is 4.72 Å². The van der Waals surface area contributed by atoms with Gasteiger partial charge in [0.25, 0.3) is 10.0 Å². The van der Waals surface area contributed by atoms with Gasteiger partial charge < -0.3 is 4.74 Å². The fraction of sp³-hybridized carbons (Fsp3) is 0.455. The molecular weight excluding hydrogens is 288 g/mol. The summed E-state index contributed by atoms with van der Waals surface area (Å²) in [5, 5.41) is 9.99. The molecule has 1 aromatic heterocycles. The van der Waals surface area contributed by atoms with Gasteiger partial charge in [0.05, 0.1) is 0 Å². The Morgan fingerprint density at radius 1 is 1.58 bits per heavy atom. The maximum Gasteiger partial charge on any atom is 0.325 e. The molecule has 104 valence electrons. The van der Waals surface area contributed by atoms with Crippen LogP contribution in [0, 0.1) is 17.2 Å². The van der Waals surface area contributed by atoms with Crippen molar-refractivity contribution < 1.29 is 17.9 Å². The van der Waals surface area contributed by atoms with Crippen LogP contribution in [0.25, 0.3) is 0 Å². The number of thiophene rings is 1. The van der Waals surface area contributed by atoms with E-state index in [-0.39, 0.29) is 10.1 Å². The number of esters is 1. The van der Waals surface area contributed by atoms with Gasteiger partial charge in [0, 0.05) is 0 Å². The Kier molecular flexibility index (Phi) is 5.47. The summed E-state index contributed by atoms with van der Waals surface area (Å²) >= 11 is 1.06. The van der Waals surface area contributed by atoms with Gasteiger partial charge in [-0.2, -0.15) is 9.98 Å². The Balaban J connectivity index is 2.86. The third-order valence-electron chi connectivity index (χ3n) is 2.24. The molecule has 0 fully saturated rings. The molecular formula is C11H14N2O4S2. The Bertz CT molecular complexity index is 558. The van der Waals surface area contributed by atoms with Crippen LogP contribution in [-0.4, -0.2) is 27.0 Å². The molecule has 0 bridgehead atoms. The van der Waals surface area contributed by atoms with E-state index in [1.807, 2.05) is 0 Å². The largest absolute Gasteiger partial charge is 0.449 e. The van der Waals surface area contributed by atoms with Gasteiger partial charge in [0.1, 0.15) is 16.3 Å². The van der Waals surface area contributed by atoms with Crippen molar-refractivity contribution in [3.05, 3.63) is 17.5 Å². The van der Waals surface area contributed by atoms with Gasteiger partial charge in [-0.05, 0) is 17.4 Å². The van der Waals surface area contributed by atoms with Gasteiger partial charge in [-0.1, -0.05) is 19.9 Å². The molecule has 0 radical (unpaired) electrons. The second-order valence-corrected chi connectivity index (χ2v) is 6.93. The first-order valence-corrected chi connectivity index (χ1v) is 7.84. The highest BCUT2D eigenvalue weighted by atomic mass is 32.2. The lowest BCUT2D eigenvalue weighted by Crippen LogP contribution is -2.45. The molecule has 6 nitrogen and oxygen atoms in total. The van der Waals surface area contributed by atoms with E-state index in [0.29, 0.717) is 0 Å². The average molecular weight is 302 g/mol. The molecule has 0 aromatic carbocycles. The lowest BCUT2D eigenvalue weighted by molar-refractivity contribution is -0.145. The summed E-state index contributed by atoms with van der Waals surface area (Å²) in [7, 11) is -3.75. The smallest absolute Gasteiger partial charge is 0.325 e. The van der Waals surface area contributed by atoms with Crippen molar-refractivity contribution in [2.75, 3.05) is 6.61 Å². The highest BCUT2D eigenvalue weighted by Crippen LogP contribution is 2.17. The predicted octanol–water partition coefficient (Wildman–Crippen LogP) is 1.12. The number of carbonyl (C=O) groups is 1. The minimum atomic E-state index is -3.75. The van der Waals surface area contributed by atoms with Crippen molar-refractivity contribution in [2.24, 2.45) is 5.92 Å². The van der Waals surface area contributed by atoms with Gasteiger partial charge in [0.15, 0.2) is 6.61 Å². The number of nitriles is 1. The monoisotopic (exact) mass is 302 g/mol. The van der Waals surface area contributed by atoms with E-state index in [2.05, 4.69) is 9.46 Å². The first-order chi connectivity index (χ1) is 8.88. The molecule has 0 saturated heterocycles. The molecule has 0 saturated carbocycles. The average Bonchev–Trinajstić information content (AvgIpc) is 2.87. The lowest BCUT2D eigenvalue weighted by atomic mass is 10.1. The zero-order valence-corrected chi connectivity index (χ0v) is 12.1. The summed E-state index contributed by atoms with van der Waals surface area (Å²) in [5.74, 6) is -1.04. The van der Waals surface area contributed by atoms with Crippen LogP contribution in [0.2, 0.25) is 0 Å². The molecule has 0 amide bonds. The highest BCUT2D eigenvalue weighted by molar-refractivity contribution is 7.91. The fourth-order valence-electron chi connectivity index (χ4n) is 1.29. The molecule has 1 rings (SSSR count). The minimum absolute atomic E-state index is 0.131. The molecule has 1 N–H and O–H groups in total. The number of nitrogens with one attached hydrogen (secondary N) is 1. The summed E-state index contributed by atoms with van der Waals surface area (Å²) in [6.45, 7) is 2.98. The molecule has 0 aliphatic heterocycles. The second-order valence-electron chi connectivity index (χ2n) is 4.04. The van der Waals surface area contributed by atoms with Crippen LogP contribution in [-0.2, 0) is 19.6 Å². The van der Waals surface area contributed by atoms with Crippen molar-refractivity contribution >= 4 is 27.3 Å². The van der Waals surface area contributed by atoms with Crippen molar-refractivity contribution in [3.8, 4) is 6.07 Å². The lowest BCUT2D eigenvalue weighted by Gasteiger charge is -2.19. The maximum atomic E-state index is 12.0. The summed E-state index contributed by atoms with van der Waals surface area (Å²) in [4.78, 5) is 11.7. The molecule has 0 aliphatic carbocycles. The first-order valence-electron chi connectivity index (χ1n) is 5.48. The van der Waals surface area contributed by atoms with Crippen LogP contribution in [0.1, 0.15) is 13.8 Å². The number of hydrogen-bond acceptors (Lipinski definition) is 6. The standard InChI is InChI=1S/C11H14N2O4S2/c1-8(2)10(11(14)17-6-5-12)13-19(15,16)9-4-3-7-18-9/h3-4,7-8,10,13H,6H2,1-2H3/t10-/m0/s1. The highest BCUT2D eigenvalue weighted by Gasteiger charge is 2.29. The molecule has 19 heavy (non-hydrogen) atoms. The Morgan fingerprint density at radius 2 is 2.26 bits per heavy atom. The maximum absolute atomic E-state index is 12.0. The van der Waals surface area contributed by atoms with E-state index >= 15 is 0 Å². The summed E-state index contributed by atoms with van der Waals surface area (Å²) in [5.41, 5.74) is 0. The van der Waals surface area contributed by atoms with Gasteiger partial charge in [0.2, 0.25) is 0 Å². The Labute approximate surface area is 116 Å². The summed E-state index contributed by atoms with van der Waals surface area (Å²) in [6.07, 6.45) is 0. The van der Waals surface area contributed by atoms with E-state index in [9.17, 15) is 13.2 Å². The number of nitrogens with zero attached hydrogens (tertiary/aromatic N) is 1. The minimum Gasteiger partial charge on any atom is -0.449 e. The van der Waals surface area contributed by atoms with Crippen LogP contribution in [0.4, 0.5) is 0 Å². The molecule has 1 heterocycles. The molecule has 1 aromatic rings. The zero-order chi connectivity index (χ0) is 14.5. The Hall–Kier alpha value is -1.43. The van der Waals surface area contributed by atoms with Crippen LogP contribution in [0.15, 0.2) is 21.7 Å². The van der Waals surface area contributed by atoms with Gasteiger partial charge in [-0.15, -0.1) is 11.3 Å². The van der Waals surface area contributed by atoms with E-state index in [0.717, 1.165) is 11.3 Å². The van der Waals surface area contributed by atoms with Crippen LogP contribution in [0.5, 0.6) is 0 Å². The molecule has 8 heteroatoms. The number of carbonyl (C=O) groups excluding carboxylic acids is 1. The summed E-state index contributed by atoms with van der Waals surface area (Å²) < 4.78 is 31.1. The number of ether oxygens (including phenoxy) is 1. The Morgan fingerprint density at radius 3 is 2.74 bits per heavy atom. The van der Waals surface area contributed by atoms with E-state index < -0.39 is 28.6 Å². The topological polar surface area (TPSA) is 96.3 Å². The van der Waals surface area contributed by atoms with E-state index in [1.165, 1.54) is 6.07 Å². The van der Waals surface area contributed by atoms with Crippen molar-refractivity contribution in [2.45, 2.75) is 24.1 Å². The third kappa shape index (κ3) is 4.31. The zero-order valence-electron chi connectivity index (χ0n) is 10.5. The van der Waals surface area contributed by atoms with Crippen molar-refractivity contribution in [1.29, 1.82) is 5.26 Å². The normalized spacial score (nSPS) is 12.9. The van der Waals surface area contributed by atoms with Crippen molar-refractivity contribution in [3.63, 3.8) is 0 Å². The SMILES string of the molecule is CC(C)[C@H](NS(=O)(=O)c1cccs1)C(=O)OCC#N. The second kappa shape index (κ2) is 6.65.